The molecule has 0 radical (unpaired) electrons. The average molecular weight is 427 g/mol. The number of rotatable bonds is 8. The second-order valence-electron chi connectivity index (χ2n) is 7.26. The Kier molecular flexibility index (Phi) is 6.69. The number of sulfonamides is 1. The first kappa shape index (κ1) is 21.7. The van der Waals surface area contributed by atoms with Crippen molar-refractivity contribution in [2.45, 2.75) is 31.2 Å². The lowest BCUT2D eigenvalue weighted by molar-refractivity contribution is 0.0954. The number of nitrogens with zero attached hydrogens (tertiary/aromatic N) is 3. The molecule has 2 aromatic carbocycles. The van der Waals surface area contributed by atoms with Crippen molar-refractivity contribution < 1.29 is 13.2 Å². The van der Waals surface area contributed by atoms with Gasteiger partial charge < -0.3 is 5.32 Å². The van der Waals surface area contributed by atoms with E-state index in [0.29, 0.717) is 18.5 Å². The van der Waals surface area contributed by atoms with E-state index in [2.05, 4.69) is 10.4 Å². The summed E-state index contributed by atoms with van der Waals surface area (Å²) in [6, 6.07) is 15.7. The molecule has 0 saturated carbocycles. The number of hydrogen-bond donors (Lipinski definition) is 1. The Labute approximate surface area is 177 Å². The van der Waals surface area contributed by atoms with Crippen LogP contribution in [0, 0.1) is 0 Å². The van der Waals surface area contributed by atoms with Crippen molar-refractivity contribution in [3.8, 4) is 5.69 Å². The lowest BCUT2D eigenvalue weighted by atomic mass is 10.1. The zero-order chi connectivity index (χ0) is 21.7. The van der Waals surface area contributed by atoms with Crippen LogP contribution in [0.15, 0.2) is 71.9 Å². The molecule has 1 aromatic heterocycles. The zero-order valence-electron chi connectivity index (χ0n) is 17.3. The average Bonchev–Trinajstić information content (AvgIpc) is 3.28. The Hall–Kier alpha value is -2.97. The normalized spacial score (nSPS) is 11.8. The fourth-order valence-corrected chi connectivity index (χ4v) is 4.25. The molecular formula is C22H26N4O3S. The smallest absolute Gasteiger partial charge is 0.251 e. The second kappa shape index (κ2) is 9.23. The topological polar surface area (TPSA) is 84.3 Å². The van der Waals surface area contributed by atoms with Crippen LogP contribution >= 0.6 is 0 Å². The standard InChI is InChI=1S/C22H26N4O3S/c1-17(2)25(3)30(28,29)21-11-7-19(8-12-21)22(27)23-15-13-18-5-9-20(10-6-18)26-16-4-14-24-26/h4-12,14,16-17H,13,15H2,1-3H3,(H,23,27). The Morgan fingerprint density at radius 3 is 2.33 bits per heavy atom. The number of aromatic nitrogens is 2. The molecular weight excluding hydrogens is 400 g/mol. The molecule has 0 aliphatic carbocycles. The SMILES string of the molecule is CC(C)N(C)S(=O)(=O)c1ccc(C(=O)NCCc2ccc(-n3cccn3)cc2)cc1. The molecule has 0 spiro atoms. The van der Waals surface area contributed by atoms with Crippen molar-refractivity contribution in [1.82, 2.24) is 19.4 Å². The van der Waals surface area contributed by atoms with Gasteiger partial charge in [-0.25, -0.2) is 13.1 Å². The first-order valence-electron chi connectivity index (χ1n) is 9.74. The van der Waals surface area contributed by atoms with Gasteiger partial charge in [0.25, 0.3) is 5.91 Å². The van der Waals surface area contributed by atoms with Gasteiger partial charge in [0.15, 0.2) is 0 Å². The van der Waals surface area contributed by atoms with Gasteiger partial charge in [-0.3, -0.25) is 4.79 Å². The van der Waals surface area contributed by atoms with Crippen molar-refractivity contribution in [3.63, 3.8) is 0 Å². The van der Waals surface area contributed by atoms with Crippen molar-refractivity contribution in [1.29, 1.82) is 0 Å². The van der Waals surface area contributed by atoms with Crippen molar-refractivity contribution >= 4 is 15.9 Å². The third-order valence-corrected chi connectivity index (χ3v) is 6.97. The van der Waals surface area contributed by atoms with Crippen LogP contribution in [-0.2, 0) is 16.4 Å². The number of hydrogen-bond acceptors (Lipinski definition) is 4. The van der Waals surface area contributed by atoms with Crippen molar-refractivity contribution in [2.24, 2.45) is 0 Å². The van der Waals surface area contributed by atoms with Gasteiger partial charge >= 0.3 is 0 Å². The molecule has 0 fully saturated rings. The van der Waals surface area contributed by atoms with E-state index in [1.54, 1.807) is 17.9 Å². The first-order chi connectivity index (χ1) is 14.3. The van der Waals surface area contributed by atoms with Crippen LogP contribution in [0.25, 0.3) is 5.69 Å². The third kappa shape index (κ3) is 4.95. The number of carbonyl (C=O) groups excluding carboxylic acids is 1. The molecule has 1 heterocycles. The van der Waals surface area contributed by atoms with Crippen LogP contribution in [0.2, 0.25) is 0 Å². The van der Waals surface area contributed by atoms with Crippen molar-refractivity contribution in [3.05, 3.63) is 78.1 Å². The molecule has 0 aliphatic heterocycles. The van der Waals surface area contributed by atoms with E-state index < -0.39 is 10.0 Å². The predicted octanol–water partition coefficient (Wildman–Crippen LogP) is 2.87. The maximum absolute atomic E-state index is 12.5. The highest BCUT2D eigenvalue weighted by molar-refractivity contribution is 7.89. The maximum atomic E-state index is 12.5. The largest absolute Gasteiger partial charge is 0.352 e. The van der Waals surface area contributed by atoms with Gasteiger partial charge in [0.1, 0.15) is 0 Å². The van der Waals surface area contributed by atoms with E-state index in [9.17, 15) is 13.2 Å². The summed E-state index contributed by atoms with van der Waals surface area (Å²) in [4.78, 5) is 12.5. The van der Waals surface area contributed by atoms with Crippen LogP contribution in [0.3, 0.4) is 0 Å². The van der Waals surface area contributed by atoms with E-state index in [4.69, 9.17) is 0 Å². The van der Waals surface area contributed by atoms with E-state index in [0.717, 1.165) is 11.3 Å². The fraction of sp³-hybridized carbons (Fsp3) is 0.273. The highest BCUT2D eigenvalue weighted by Gasteiger charge is 2.23. The summed E-state index contributed by atoms with van der Waals surface area (Å²) in [5.74, 6) is -0.232. The molecule has 1 amide bonds. The summed E-state index contributed by atoms with van der Waals surface area (Å²) in [7, 11) is -2.01. The first-order valence-corrected chi connectivity index (χ1v) is 11.2. The van der Waals surface area contributed by atoms with Gasteiger partial charge in [0.05, 0.1) is 10.6 Å². The predicted molar refractivity (Wildman–Crippen MR) is 116 cm³/mol. The molecule has 7 nitrogen and oxygen atoms in total. The monoisotopic (exact) mass is 426 g/mol. The molecule has 1 N–H and O–H groups in total. The molecule has 8 heteroatoms. The third-order valence-electron chi connectivity index (χ3n) is 4.93. The van der Waals surface area contributed by atoms with Crippen LogP contribution < -0.4 is 5.32 Å². The van der Waals surface area contributed by atoms with E-state index >= 15 is 0 Å². The minimum absolute atomic E-state index is 0.147. The fourth-order valence-electron chi connectivity index (χ4n) is 2.88. The van der Waals surface area contributed by atoms with Crippen molar-refractivity contribution in [2.75, 3.05) is 13.6 Å². The zero-order valence-corrected chi connectivity index (χ0v) is 18.1. The van der Waals surface area contributed by atoms with Gasteiger partial charge in [0.2, 0.25) is 10.0 Å². The summed E-state index contributed by atoms with van der Waals surface area (Å²) in [5.41, 5.74) is 2.51. The summed E-state index contributed by atoms with van der Waals surface area (Å²) in [5, 5.41) is 7.07. The molecule has 0 bridgehead atoms. The molecule has 0 saturated heterocycles. The summed E-state index contributed by atoms with van der Waals surface area (Å²) in [6.07, 6.45) is 4.30. The second-order valence-corrected chi connectivity index (χ2v) is 9.26. The summed E-state index contributed by atoms with van der Waals surface area (Å²) >= 11 is 0. The molecule has 0 atom stereocenters. The number of benzene rings is 2. The van der Waals surface area contributed by atoms with E-state index in [-0.39, 0.29) is 16.8 Å². The maximum Gasteiger partial charge on any atom is 0.251 e. The lowest BCUT2D eigenvalue weighted by Crippen LogP contribution is -2.33. The summed E-state index contributed by atoms with van der Waals surface area (Å²) in [6.45, 7) is 4.10. The van der Waals surface area contributed by atoms with Crippen LogP contribution in [-0.4, -0.2) is 48.0 Å². The highest BCUT2D eigenvalue weighted by atomic mass is 32.2. The highest BCUT2D eigenvalue weighted by Crippen LogP contribution is 2.17. The Morgan fingerprint density at radius 1 is 1.10 bits per heavy atom. The molecule has 158 valence electrons. The van der Waals surface area contributed by atoms with Gasteiger partial charge in [-0.05, 0) is 68.3 Å². The van der Waals surface area contributed by atoms with Gasteiger partial charge in [-0.2, -0.15) is 9.40 Å². The van der Waals surface area contributed by atoms with Gasteiger partial charge in [0, 0.05) is 37.6 Å². The number of nitrogens with one attached hydrogen (secondary N) is 1. The Morgan fingerprint density at radius 2 is 1.77 bits per heavy atom. The van der Waals surface area contributed by atoms with Gasteiger partial charge in [-0.15, -0.1) is 0 Å². The molecule has 30 heavy (non-hydrogen) atoms. The molecule has 3 aromatic rings. The Bertz CT molecular complexity index is 1070. The molecule has 0 aliphatic rings. The van der Waals surface area contributed by atoms with E-state index in [1.165, 1.54) is 28.6 Å². The van der Waals surface area contributed by atoms with Crippen LogP contribution in [0.1, 0.15) is 29.8 Å². The minimum Gasteiger partial charge on any atom is -0.352 e. The van der Waals surface area contributed by atoms with Gasteiger partial charge in [-0.1, -0.05) is 12.1 Å². The molecule has 0 unspecified atom stereocenters. The van der Waals surface area contributed by atoms with E-state index in [1.807, 2.05) is 50.4 Å². The molecule has 3 rings (SSSR count). The van der Waals surface area contributed by atoms with Crippen LogP contribution in [0.4, 0.5) is 0 Å². The quantitative estimate of drug-likeness (QED) is 0.600. The minimum atomic E-state index is -3.56. The Balaban J connectivity index is 1.55. The van der Waals surface area contributed by atoms with Crippen LogP contribution in [0.5, 0.6) is 0 Å². The lowest BCUT2D eigenvalue weighted by Gasteiger charge is -2.21. The number of carbonyl (C=O) groups is 1. The summed E-state index contributed by atoms with van der Waals surface area (Å²) < 4.78 is 28.1. The number of amides is 1.